The first-order chi connectivity index (χ1) is 4.74. The Kier molecular flexibility index (Phi) is 2.40. The van der Waals surface area contributed by atoms with Crippen LogP contribution in [-0.2, 0) is 14.3 Å². The van der Waals surface area contributed by atoms with E-state index < -0.39 is 0 Å². The van der Waals surface area contributed by atoms with E-state index in [1.807, 2.05) is 13.8 Å². The molecule has 1 rings (SSSR count). The molecule has 1 aliphatic rings. The van der Waals surface area contributed by atoms with Crippen molar-refractivity contribution in [3.63, 3.8) is 0 Å². The topological polar surface area (TPSA) is 35.5 Å². The van der Waals surface area contributed by atoms with E-state index >= 15 is 0 Å². The number of ether oxygens (including phenoxy) is 2. The zero-order valence-corrected chi connectivity index (χ0v) is 6.24. The zero-order chi connectivity index (χ0) is 7.56. The smallest absolute Gasteiger partial charge is 0.151 e. The fourth-order valence-electron chi connectivity index (χ4n) is 0.879. The van der Waals surface area contributed by atoms with Crippen molar-refractivity contribution in [3.05, 3.63) is 0 Å². The van der Waals surface area contributed by atoms with Crippen molar-refractivity contribution < 1.29 is 14.3 Å². The van der Waals surface area contributed by atoms with Gasteiger partial charge in [-0.3, -0.25) is 0 Å². The van der Waals surface area contributed by atoms with Gasteiger partial charge in [-0.1, -0.05) is 0 Å². The van der Waals surface area contributed by atoms with Crippen LogP contribution in [0.3, 0.4) is 0 Å². The summed E-state index contributed by atoms with van der Waals surface area (Å²) in [6.07, 6.45) is 0.564. The summed E-state index contributed by atoms with van der Waals surface area (Å²) >= 11 is 0. The molecule has 0 bridgehead atoms. The van der Waals surface area contributed by atoms with E-state index in [1.54, 1.807) is 0 Å². The summed E-state index contributed by atoms with van der Waals surface area (Å²) in [7, 11) is 0. The Morgan fingerprint density at radius 3 is 2.60 bits per heavy atom. The summed E-state index contributed by atoms with van der Waals surface area (Å²) < 4.78 is 10.5. The van der Waals surface area contributed by atoms with Crippen molar-refractivity contribution in [2.24, 2.45) is 0 Å². The molecule has 10 heavy (non-hydrogen) atoms. The van der Waals surface area contributed by atoms with Crippen molar-refractivity contribution in [3.8, 4) is 0 Å². The molecule has 0 spiro atoms. The van der Waals surface area contributed by atoms with Gasteiger partial charge in [-0.15, -0.1) is 0 Å². The van der Waals surface area contributed by atoms with E-state index in [1.165, 1.54) is 0 Å². The van der Waals surface area contributed by atoms with Crippen LogP contribution >= 0.6 is 0 Å². The zero-order valence-electron chi connectivity index (χ0n) is 6.24. The van der Waals surface area contributed by atoms with Crippen LogP contribution in [0.4, 0.5) is 0 Å². The minimum atomic E-state index is -0.355. The van der Waals surface area contributed by atoms with Crippen LogP contribution in [0.25, 0.3) is 0 Å². The molecular formula is C7H12O3. The molecule has 1 saturated heterocycles. The van der Waals surface area contributed by atoms with Crippen molar-refractivity contribution in [2.45, 2.75) is 32.2 Å². The molecule has 1 fully saturated rings. The average Bonchev–Trinajstić information content (AvgIpc) is 1.95. The lowest BCUT2D eigenvalue weighted by Crippen LogP contribution is -2.40. The van der Waals surface area contributed by atoms with Gasteiger partial charge in [0.15, 0.2) is 6.29 Å². The molecule has 0 amide bonds. The highest BCUT2D eigenvalue weighted by Crippen LogP contribution is 2.12. The van der Waals surface area contributed by atoms with E-state index in [2.05, 4.69) is 0 Å². The molecule has 0 unspecified atom stereocenters. The van der Waals surface area contributed by atoms with E-state index in [9.17, 15) is 4.79 Å². The number of carbonyl (C=O) groups excluding carboxylic acids is 1. The molecule has 3 nitrogen and oxygen atoms in total. The quantitative estimate of drug-likeness (QED) is 0.499. The van der Waals surface area contributed by atoms with Gasteiger partial charge in [-0.05, 0) is 13.8 Å². The highest BCUT2D eigenvalue weighted by Gasteiger charge is 2.24. The van der Waals surface area contributed by atoms with Crippen molar-refractivity contribution in [2.75, 3.05) is 6.61 Å². The molecule has 0 aliphatic carbocycles. The Morgan fingerprint density at radius 1 is 1.40 bits per heavy atom. The highest BCUT2D eigenvalue weighted by atomic mass is 16.6. The number of hydrogen-bond donors (Lipinski definition) is 0. The first-order valence-corrected chi connectivity index (χ1v) is 3.46. The van der Waals surface area contributed by atoms with E-state index in [4.69, 9.17) is 9.47 Å². The molecule has 0 aromatic heterocycles. The Labute approximate surface area is 60.3 Å². The second kappa shape index (κ2) is 3.12. The summed E-state index contributed by atoms with van der Waals surface area (Å²) in [6.45, 7) is 4.24. The largest absolute Gasteiger partial charge is 0.373 e. The fraction of sp³-hybridized carbons (Fsp3) is 0.857. The van der Waals surface area contributed by atoms with Gasteiger partial charge in [-0.2, -0.15) is 0 Å². The van der Waals surface area contributed by atoms with Crippen LogP contribution in [0.5, 0.6) is 0 Å². The third kappa shape index (κ3) is 1.55. The van der Waals surface area contributed by atoms with Gasteiger partial charge in [-0.25, -0.2) is 0 Å². The lowest BCUT2D eigenvalue weighted by Gasteiger charge is -2.30. The summed E-state index contributed by atoms with van der Waals surface area (Å²) in [6, 6.07) is 0. The second-order valence-electron chi connectivity index (χ2n) is 2.55. The van der Waals surface area contributed by atoms with Crippen molar-refractivity contribution in [1.82, 2.24) is 0 Å². The number of aldehydes is 1. The van der Waals surface area contributed by atoms with Crippen LogP contribution < -0.4 is 0 Å². The normalized spacial score (nSPS) is 41.2. The SMILES string of the molecule is C[C@H]1OC[C@@H](C=O)O[C@@H]1C. The standard InChI is InChI=1S/C7H12O3/c1-5-6(2)10-7(3-8)4-9-5/h3,5-7H,4H2,1-2H3/t5-,6-,7-/m1/s1. The fourth-order valence-corrected chi connectivity index (χ4v) is 0.879. The molecule has 58 valence electrons. The van der Waals surface area contributed by atoms with Gasteiger partial charge in [0.25, 0.3) is 0 Å². The lowest BCUT2D eigenvalue weighted by molar-refractivity contribution is -0.169. The molecule has 3 atom stereocenters. The average molecular weight is 144 g/mol. The van der Waals surface area contributed by atoms with E-state index in [0.717, 1.165) is 6.29 Å². The molecule has 0 aromatic carbocycles. The second-order valence-corrected chi connectivity index (χ2v) is 2.55. The maximum Gasteiger partial charge on any atom is 0.151 e. The molecular weight excluding hydrogens is 132 g/mol. The van der Waals surface area contributed by atoms with Crippen molar-refractivity contribution in [1.29, 1.82) is 0 Å². The predicted molar refractivity (Wildman–Crippen MR) is 35.8 cm³/mol. The van der Waals surface area contributed by atoms with Crippen LogP contribution in [0.15, 0.2) is 0 Å². The summed E-state index contributed by atoms with van der Waals surface area (Å²) in [4.78, 5) is 10.2. The summed E-state index contributed by atoms with van der Waals surface area (Å²) in [5, 5.41) is 0. The maximum atomic E-state index is 10.2. The Bertz CT molecular complexity index is 124. The molecule has 0 radical (unpaired) electrons. The first-order valence-electron chi connectivity index (χ1n) is 3.46. The van der Waals surface area contributed by atoms with E-state index in [-0.39, 0.29) is 18.3 Å². The van der Waals surface area contributed by atoms with Crippen LogP contribution in [-0.4, -0.2) is 31.2 Å². The Hall–Kier alpha value is -0.410. The van der Waals surface area contributed by atoms with Gasteiger partial charge >= 0.3 is 0 Å². The molecule has 0 saturated carbocycles. The number of rotatable bonds is 1. The number of carbonyl (C=O) groups is 1. The Balaban J connectivity index is 2.40. The molecule has 1 heterocycles. The van der Waals surface area contributed by atoms with Gasteiger partial charge in [0, 0.05) is 0 Å². The minimum absolute atomic E-state index is 0.0314. The van der Waals surface area contributed by atoms with Gasteiger partial charge in [0.1, 0.15) is 6.10 Å². The summed E-state index contributed by atoms with van der Waals surface area (Å²) in [5.74, 6) is 0. The van der Waals surface area contributed by atoms with Crippen LogP contribution in [0.1, 0.15) is 13.8 Å². The maximum absolute atomic E-state index is 10.2. The van der Waals surface area contributed by atoms with Crippen LogP contribution in [0, 0.1) is 0 Å². The first kappa shape index (κ1) is 7.69. The lowest BCUT2D eigenvalue weighted by atomic mass is 10.2. The molecule has 3 heteroatoms. The summed E-state index contributed by atoms with van der Waals surface area (Å²) in [5.41, 5.74) is 0. The van der Waals surface area contributed by atoms with Gasteiger partial charge < -0.3 is 14.3 Å². The predicted octanol–water partition coefficient (Wildman–Crippen LogP) is 0.378. The van der Waals surface area contributed by atoms with E-state index in [0.29, 0.717) is 6.61 Å². The third-order valence-corrected chi connectivity index (χ3v) is 1.73. The molecule has 0 aromatic rings. The van der Waals surface area contributed by atoms with Crippen LogP contribution in [0.2, 0.25) is 0 Å². The highest BCUT2D eigenvalue weighted by molar-refractivity contribution is 5.56. The monoisotopic (exact) mass is 144 g/mol. The molecule has 1 aliphatic heterocycles. The Morgan fingerprint density at radius 2 is 2.10 bits per heavy atom. The van der Waals surface area contributed by atoms with Crippen molar-refractivity contribution >= 4 is 6.29 Å². The van der Waals surface area contributed by atoms with Gasteiger partial charge in [0.2, 0.25) is 0 Å². The third-order valence-electron chi connectivity index (χ3n) is 1.73. The number of hydrogen-bond acceptors (Lipinski definition) is 3. The van der Waals surface area contributed by atoms with Gasteiger partial charge in [0.05, 0.1) is 18.8 Å². The minimum Gasteiger partial charge on any atom is -0.373 e. The molecule has 0 N–H and O–H groups in total.